The number of primary amides is 1. The third-order valence-electron chi connectivity index (χ3n) is 2.69. The molecule has 4 heteroatoms. The van der Waals surface area contributed by atoms with Crippen LogP contribution >= 0.6 is 0 Å². The quantitative estimate of drug-likeness (QED) is 0.606. The maximum absolute atomic E-state index is 11.0. The van der Waals surface area contributed by atoms with Crippen molar-refractivity contribution in [1.29, 1.82) is 0 Å². The Kier molecular flexibility index (Phi) is 3.03. The van der Waals surface area contributed by atoms with Gasteiger partial charge in [0.05, 0.1) is 6.61 Å². The van der Waals surface area contributed by atoms with Crippen LogP contribution in [0.25, 0.3) is 0 Å². The van der Waals surface area contributed by atoms with Crippen LogP contribution in [0.15, 0.2) is 0 Å². The van der Waals surface area contributed by atoms with Crippen LogP contribution in [-0.4, -0.2) is 31.2 Å². The van der Waals surface area contributed by atoms with Crippen LogP contribution in [0.1, 0.15) is 25.7 Å². The molecule has 0 bridgehead atoms. The predicted molar refractivity (Wildman–Crippen MR) is 52.7 cm³/mol. The van der Waals surface area contributed by atoms with Crippen LogP contribution in [-0.2, 0) is 9.53 Å². The van der Waals surface area contributed by atoms with Gasteiger partial charge in [-0.1, -0.05) is 0 Å². The summed E-state index contributed by atoms with van der Waals surface area (Å²) < 4.78 is 5.45. The predicted octanol–water partition coefficient (Wildman–Crippen LogP) is 0.0189. The molecule has 0 spiro atoms. The molecule has 2 aliphatic carbocycles. The molecule has 2 saturated carbocycles. The van der Waals surface area contributed by atoms with E-state index >= 15 is 0 Å². The molecule has 0 aromatic carbocycles. The number of nitrogens with one attached hydrogen (secondary N) is 1. The van der Waals surface area contributed by atoms with Gasteiger partial charge in [-0.05, 0) is 31.6 Å². The molecule has 0 heterocycles. The van der Waals surface area contributed by atoms with E-state index in [2.05, 4.69) is 5.32 Å². The van der Waals surface area contributed by atoms with E-state index in [-0.39, 0.29) is 11.9 Å². The normalized spacial score (nSPS) is 23.4. The summed E-state index contributed by atoms with van der Waals surface area (Å²) in [6, 6.07) is 0.207. The lowest BCUT2D eigenvalue weighted by molar-refractivity contribution is -0.121. The third kappa shape index (κ3) is 3.27. The second kappa shape index (κ2) is 4.28. The van der Waals surface area contributed by atoms with Gasteiger partial charge in [0, 0.05) is 12.6 Å². The van der Waals surface area contributed by atoms with Gasteiger partial charge in [-0.15, -0.1) is 0 Å². The molecule has 1 atom stereocenters. The molecule has 1 unspecified atom stereocenters. The number of carbonyl (C=O) groups is 1. The van der Waals surface area contributed by atoms with E-state index in [1.807, 2.05) is 0 Å². The molecule has 2 aliphatic rings. The average molecular weight is 198 g/mol. The van der Waals surface area contributed by atoms with Crippen molar-refractivity contribution in [3.8, 4) is 0 Å². The summed E-state index contributed by atoms with van der Waals surface area (Å²) in [5, 5.41) is 3.18. The Balaban J connectivity index is 1.63. The molecular weight excluding hydrogens is 180 g/mol. The van der Waals surface area contributed by atoms with Crippen molar-refractivity contribution in [2.75, 3.05) is 13.2 Å². The lowest BCUT2D eigenvalue weighted by Crippen LogP contribution is -2.45. The Morgan fingerprint density at radius 3 is 2.64 bits per heavy atom. The highest BCUT2D eigenvalue weighted by molar-refractivity contribution is 5.80. The Morgan fingerprint density at radius 1 is 1.43 bits per heavy atom. The Morgan fingerprint density at radius 2 is 2.14 bits per heavy atom. The molecule has 2 rings (SSSR count). The fourth-order valence-corrected chi connectivity index (χ4v) is 1.38. The van der Waals surface area contributed by atoms with Crippen molar-refractivity contribution in [1.82, 2.24) is 5.32 Å². The van der Waals surface area contributed by atoms with Crippen LogP contribution < -0.4 is 11.1 Å². The Hall–Kier alpha value is -0.610. The Labute approximate surface area is 84.2 Å². The summed E-state index contributed by atoms with van der Waals surface area (Å²) in [6.45, 7) is 1.22. The average Bonchev–Trinajstić information content (AvgIpc) is 2.98. The Bertz CT molecular complexity index is 212. The summed E-state index contributed by atoms with van der Waals surface area (Å²) in [4.78, 5) is 11.0. The monoisotopic (exact) mass is 198 g/mol. The van der Waals surface area contributed by atoms with E-state index in [9.17, 15) is 4.79 Å². The molecule has 0 aromatic rings. The first kappa shape index (κ1) is 9.93. The topological polar surface area (TPSA) is 64.4 Å². The second-order valence-electron chi connectivity index (χ2n) is 4.38. The first-order valence-corrected chi connectivity index (χ1v) is 5.39. The van der Waals surface area contributed by atoms with Crippen molar-refractivity contribution in [2.24, 2.45) is 11.7 Å². The zero-order chi connectivity index (χ0) is 9.97. The lowest BCUT2D eigenvalue weighted by atomic mass is 10.3. The van der Waals surface area contributed by atoms with E-state index in [0.717, 1.165) is 25.4 Å². The maximum atomic E-state index is 11.0. The van der Waals surface area contributed by atoms with E-state index in [0.29, 0.717) is 12.6 Å². The van der Waals surface area contributed by atoms with Gasteiger partial charge in [0.1, 0.15) is 6.04 Å². The molecule has 0 saturated heterocycles. The highest BCUT2D eigenvalue weighted by atomic mass is 16.5. The van der Waals surface area contributed by atoms with Gasteiger partial charge >= 0.3 is 0 Å². The van der Waals surface area contributed by atoms with Gasteiger partial charge in [-0.3, -0.25) is 4.79 Å². The van der Waals surface area contributed by atoms with Crippen LogP contribution in [0.5, 0.6) is 0 Å². The highest BCUT2D eigenvalue weighted by Crippen LogP contribution is 2.28. The minimum atomic E-state index is -0.298. The molecule has 0 radical (unpaired) electrons. The number of nitrogens with two attached hydrogens (primary N) is 1. The smallest absolute Gasteiger partial charge is 0.236 e. The first-order valence-electron chi connectivity index (χ1n) is 5.39. The molecular formula is C10H18N2O2. The van der Waals surface area contributed by atoms with Gasteiger partial charge in [0.25, 0.3) is 0 Å². The van der Waals surface area contributed by atoms with Crippen molar-refractivity contribution < 1.29 is 9.53 Å². The summed E-state index contributed by atoms with van der Waals surface area (Å²) in [5.41, 5.74) is 5.26. The van der Waals surface area contributed by atoms with Gasteiger partial charge in [-0.2, -0.15) is 0 Å². The van der Waals surface area contributed by atoms with Gasteiger partial charge in [0.15, 0.2) is 0 Å². The van der Waals surface area contributed by atoms with E-state index in [1.165, 1.54) is 12.8 Å². The van der Waals surface area contributed by atoms with E-state index in [1.54, 1.807) is 0 Å². The van der Waals surface area contributed by atoms with Gasteiger partial charge in [-0.25, -0.2) is 0 Å². The fraction of sp³-hybridized carbons (Fsp3) is 0.900. The van der Waals surface area contributed by atoms with Crippen molar-refractivity contribution >= 4 is 5.91 Å². The molecule has 3 N–H and O–H groups in total. The van der Waals surface area contributed by atoms with Crippen molar-refractivity contribution in [3.05, 3.63) is 0 Å². The van der Waals surface area contributed by atoms with Gasteiger partial charge < -0.3 is 15.8 Å². The third-order valence-corrected chi connectivity index (χ3v) is 2.69. The highest BCUT2D eigenvalue weighted by Gasteiger charge is 2.28. The van der Waals surface area contributed by atoms with Crippen molar-refractivity contribution in [2.45, 2.75) is 37.8 Å². The van der Waals surface area contributed by atoms with E-state index < -0.39 is 0 Å². The number of hydrogen-bond donors (Lipinski definition) is 2. The lowest BCUT2D eigenvalue weighted by Gasteiger charge is -2.14. The minimum Gasteiger partial charge on any atom is -0.379 e. The van der Waals surface area contributed by atoms with Crippen LogP contribution in [0.4, 0.5) is 0 Å². The minimum absolute atomic E-state index is 0.291. The molecule has 2 fully saturated rings. The molecule has 0 aliphatic heterocycles. The van der Waals surface area contributed by atoms with Crippen LogP contribution in [0.3, 0.4) is 0 Å². The summed E-state index contributed by atoms with van der Waals surface area (Å²) in [7, 11) is 0. The van der Waals surface area contributed by atoms with Crippen LogP contribution in [0, 0.1) is 5.92 Å². The fourth-order valence-electron chi connectivity index (χ4n) is 1.38. The summed E-state index contributed by atoms with van der Waals surface area (Å²) in [6.07, 6.45) is 4.87. The second-order valence-corrected chi connectivity index (χ2v) is 4.38. The maximum Gasteiger partial charge on any atom is 0.236 e. The van der Waals surface area contributed by atoms with E-state index in [4.69, 9.17) is 10.5 Å². The number of rotatable bonds is 7. The summed E-state index contributed by atoms with van der Waals surface area (Å²) >= 11 is 0. The number of ether oxygens (including phenoxy) is 1. The van der Waals surface area contributed by atoms with Gasteiger partial charge in [0.2, 0.25) is 5.91 Å². The largest absolute Gasteiger partial charge is 0.379 e. The molecule has 0 aromatic heterocycles. The number of hydrogen-bond acceptors (Lipinski definition) is 3. The molecule has 4 nitrogen and oxygen atoms in total. The molecule has 80 valence electrons. The number of amides is 1. The molecule has 1 amide bonds. The zero-order valence-corrected chi connectivity index (χ0v) is 8.37. The SMILES string of the molecule is NC(=O)C(COCC1CC1)NC1CC1. The first-order chi connectivity index (χ1) is 6.75. The van der Waals surface area contributed by atoms with Crippen molar-refractivity contribution in [3.63, 3.8) is 0 Å². The molecule has 14 heavy (non-hydrogen) atoms. The number of carbonyl (C=O) groups excluding carboxylic acids is 1. The zero-order valence-electron chi connectivity index (χ0n) is 8.37. The standard InChI is InChI=1S/C10H18N2O2/c11-10(13)9(12-8-3-4-8)6-14-5-7-1-2-7/h7-9,12H,1-6H2,(H2,11,13). The summed E-state index contributed by atoms with van der Waals surface area (Å²) in [5.74, 6) is 0.442. The van der Waals surface area contributed by atoms with Crippen LogP contribution in [0.2, 0.25) is 0 Å².